The summed E-state index contributed by atoms with van der Waals surface area (Å²) in [6.07, 6.45) is -1.23. The minimum atomic E-state index is -1.15. The van der Waals surface area contributed by atoms with Crippen molar-refractivity contribution in [1.82, 2.24) is 9.55 Å². The maximum atomic E-state index is 12.6. The zero-order valence-corrected chi connectivity index (χ0v) is 17.4. The first-order chi connectivity index (χ1) is 14.2. The summed E-state index contributed by atoms with van der Waals surface area (Å²) >= 11 is 0. The normalized spacial score (nSPS) is 22.9. The van der Waals surface area contributed by atoms with Crippen LogP contribution in [-0.2, 0) is 33.3 Å². The second kappa shape index (κ2) is 10.7. The molecule has 166 valence electrons. The van der Waals surface area contributed by atoms with Gasteiger partial charge in [0.15, 0.2) is 18.4 Å². The van der Waals surface area contributed by atoms with Crippen LogP contribution in [0.2, 0.25) is 0 Å². The zero-order valence-electron chi connectivity index (χ0n) is 17.4. The first-order valence-electron chi connectivity index (χ1n) is 9.58. The van der Waals surface area contributed by atoms with E-state index in [1.807, 2.05) is 6.92 Å². The van der Waals surface area contributed by atoms with E-state index < -0.39 is 48.1 Å². The van der Waals surface area contributed by atoms with Crippen molar-refractivity contribution < 1.29 is 38.1 Å². The van der Waals surface area contributed by atoms with Crippen LogP contribution in [0.3, 0.4) is 0 Å². The van der Waals surface area contributed by atoms with Gasteiger partial charge >= 0.3 is 23.6 Å². The highest BCUT2D eigenvalue weighted by atomic mass is 16.7. The molecule has 1 aromatic rings. The van der Waals surface area contributed by atoms with Gasteiger partial charge in [0.25, 0.3) is 0 Å². The summed E-state index contributed by atoms with van der Waals surface area (Å²) in [5.41, 5.74) is -0.708. The van der Waals surface area contributed by atoms with Crippen LogP contribution in [0.15, 0.2) is 17.1 Å². The van der Waals surface area contributed by atoms with E-state index in [4.69, 9.17) is 23.7 Å². The summed E-state index contributed by atoms with van der Waals surface area (Å²) in [4.78, 5) is 50.8. The minimum absolute atomic E-state index is 0.153. The van der Waals surface area contributed by atoms with Crippen molar-refractivity contribution in [2.75, 3.05) is 13.2 Å². The van der Waals surface area contributed by atoms with Gasteiger partial charge in [-0.25, -0.2) is 4.79 Å². The molecule has 1 fully saturated rings. The Morgan fingerprint density at radius 1 is 1.10 bits per heavy atom. The van der Waals surface area contributed by atoms with Gasteiger partial charge in [0, 0.05) is 33.0 Å². The lowest BCUT2D eigenvalue weighted by atomic mass is 10.1. The molecule has 0 unspecified atom stereocenters. The third-order valence-electron chi connectivity index (χ3n) is 4.17. The maximum Gasteiger partial charge on any atom is 0.353 e. The van der Waals surface area contributed by atoms with E-state index in [9.17, 15) is 19.2 Å². The van der Waals surface area contributed by atoms with Gasteiger partial charge in [-0.2, -0.15) is 4.98 Å². The second-order valence-electron chi connectivity index (χ2n) is 6.67. The van der Waals surface area contributed by atoms with Crippen molar-refractivity contribution in [3.63, 3.8) is 0 Å². The molecule has 11 heteroatoms. The Balaban J connectivity index is 2.32. The van der Waals surface area contributed by atoms with Gasteiger partial charge in [0.2, 0.25) is 5.88 Å². The van der Waals surface area contributed by atoms with E-state index in [0.717, 1.165) is 17.4 Å². The van der Waals surface area contributed by atoms with E-state index in [1.54, 1.807) is 0 Å². The van der Waals surface area contributed by atoms with E-state index >= 15 is 0 Å². The molecule has 0 aromatic carbocycles. The highest BCUT2D eigenvalue weighted by molar-refractivity contribution is 5.68. The lowest BCUT2D eigenvalue weighted by molar-refractivity contribution is -0.166. The molecule has 1 aromatic heterocycles. The van der Waals surface area contributed by atoms with Crippen LogP contribution in [-0.4, -0.2) is 59.0 Å². The summed E-state index contributed by atoms with van der Waals surface area (Å²) in [7, 11) is 0. The summed E-state index contributed by atoms with van der Waals surface area (Å²) in [6, 6.07) is 1.48. The number of carbonyl (C=O) groups is 3. The molecule has 1 aliphatic rings. The van der Waals surface area contributed by atoms with Gasteiger partial charge < -0.3 is 23.7 Å². The Kier molecular flexibility index (Phi) is 8.34. The Hall–Kier alpha value is -2.95. The summed E-state index contributed by atoms with van der Waals surface area (Å²) in [5, 5.41) is 0. The van der Waals surface area contributed by atoms with E-state index in [0.29, 0.717) is 6.61 Å². The van der Waals surface area contributed by atoms with Crippen LogP contribution in [0.25, 0.3) is 0 Å². The highest BCUT2D eigenvalue weighted by Gasteiger charge is 2.50. The zero-order chi connectivity index (χ0) is 22.3. The van der Waals surface area contributed by atoms with Crippen LogP contribution in [0, 0.1) is 0 Å². The Bertz CT molecular complexity index is 822. The van der Waals surface area contributed by atoms with E-state index in [1.165, 1.54) is 33.0 Å². The topological polar surface area (TPSA) is 132 Å². The largest absolute Gasteiger partial charge is 0.478 e. The number of unbranched alkanes of at least 4 members (excludes halogenated alkanes) is 1. The number of hydrogen-bond donors (Lipinski definition) is 0. The molecule has 0 N–H and O–H groups in total. The maximum absolute atomic E-state index is 12.6. The molecule has 2 rings (SSSR count). The first kappa shape index (κ1) is 23.3. The molecule has 0 amide bonds. The molecule has 1 saturated heterocycles. The molecule has 2 heterocycles. The third kappa shape index (κ3) is 6.28. The number of ether oxygens (including phenoxy) is 5. The first-order valence-corrected chi connectivity index (χ1v) is 9.58. The summed E-state index contributed by atoms with van der Waals surface area (Å²) < 4.78 is 27.8. The molecule has 0 spiro atoms. The number of nitrogens with zero attached hydrogens (tertiary/aromatic N) is 2. The summed E-state index contributed by atoms with van der Waals surface area (Å²) in [6.45, 7) is 5.73. The predicted octanol–water partition coefficient (Wildman–Crippen LogP) is 0.746. The molecule has 1 aliphatic heterocycles. The smallest absolute Gasteiger partial charge is 0.353 e. The van der Waals surface area contributed by atoms with Gasteiger partial charge in [-0.15, -0.1) is 0 Å². The molecular weight excluding hydrogens is 400 g/mol. The Labute approximate surface area is 173 Å². The predicted molar refractivity (Wildman–Crippen MR) is 101 cm³/mol. The van der Waals surface area contributed by atoms with Crippen LogP contribution in [0.1, 0.15) is 46.8 Å². The number of esters is 3. The lowest BCUT2D eigenvalue weighted by Crippen LogP contribution is -2.41. The fraction of sp³-hybridized carbons (Fsp3) is 0.632. The quantitative estimate of drug-likeness (QED) is 0.316. The molecule has 11 nitrogen and oxygen atoms in total. The molecule has 4 atom stereocenters. The van der Waals surface area contributed by atoms with Crippen molar-refractivity contribution >= 4 is 17.9 Å². The molecule has 30 heavy (non-hydrogen) atoms. The van der Waals surface area contributed by atoms with Crippen molar-refractivity contribution in [2.45, 2.75) is 65.1 Å². The second-order valence-corrected chi connectivity index (χ2v) is 6.67. The average Bonchev–Trinajstić information content (AvgIpc) is 2.96. The number of hydrogen-bond acceptors (Lipinski definition) is 10. The number of rotatable bonds is 9. The highest BCUT2D eigenvalue weighted by Crippen LogP contribution is 2.33. The van der Waals surface area contributed by atoms with Crippen molar-refractivity contribution in [2.24, 2.45) is 0 Å². The van der Waals surface area contributed by atoms with Crippen molar-refractivity contribution in [3.8, 4) is 5.88 Å². The van der Waals surface area contributed by atoms with Crippen molar-refractivity contribution in [1.29, 1.82) is 0 Å². The van der Waals surface area contributed by atoms with E-state index in [-0.39, 0.29) is 12.5 Å². The minimum Gasteiger partial charge on any atom is -0.478 e. The van der Waals surface area contributed by atoms with Gasteiger partial charge in [-0.3, -0.25) is 19.0 Å². The number of aromatic nitrogens is 2. The van der Waals surface area contributed by atoms with Gasteiger partial charge in [0.1, 0.15) is 12.7 Å². The van der Waals surface area contributed by atoms with Gasteiger partial charge in [-0.1, -0.05) is 13.3 Å². The van der Waals surface area contributed by atoms with Crippen LogP contribution in [0.4, 0.5) is 0 Å². The van der Waals surface area contributed by atoms with Gasteiger partial charge in [-0.05, 0) is 6.42 Å². The van der Waals surface area contributed by atoms with Crippen LogP contribution < -0.4 is 10.4 Å². The SMILES string of the molecule is CCCCOc1ccn([C@@H]2O[C@H](COC(C)=O)[C@@H](OC(C)=O)[C@H]2OC(C)=O)c(=O)n1. The third-order valence-corrected chi connectivity index (χ3v) is 4.17. The molecule has 0 saturated carbocycles. The van der Waals surface area contributed by atoms with Crippen LogP contribution in [0.5, 0.6) is 5.88 Å². The monoisotopic (exact) mass is 426 g/mol. The molecule has 0 bridgehead atoms. The van der Waals surface area contributed by atoms with Crippen LogP contribution >= 0.6 is 0 Å². The average molecular weight is 426 g/mol. The summed E-state index contributed by atoms with van der Waals surface area (Å²) in [5.74, 6) is -1.74. The standard InChI is InChI=1S/C19H26N2O9/c1-5-6-9-26-15-7-8-21(19(25)20-15)18-17(29-13(4)24)16(28-12(3)23)14(30-18)10-27-11(2)22/h7-8,14,16-18H,5-6,9-10H2,1-4H3/t14-,16-,17-,18-/m1/s1. The van der Waals surface area contributed by atoms with Crippen molar-refractivity contribution in [3.05, 3.63) is 22.7 Å². The Morgan fingerprint density at radius 3 is 2.33 bits per heavy atom. The fourth-order valence-electron chi connectivity index (χ4n) is 2.91. The lowest BCUT2D eigenvalue weighted by Gasteiger charge is -2.23. The fourth-order valence-corrected chi connectivity index (χ4v) is 2.91. The molecular formula is C19H26N2O9. The number of carbonyl (C=O) groups excluding carboxylic acids is 3. The Morgan fingerprint density at radius 2 is 1.77 bits per heavy atom. The molecule has 0 aliphatic carbocycles. The van der Waals surface area contributed by atoms with Gasteiger partial charge in [0.05, 0.1) is 6.61 Å². The molecule has 0 radical (unpaired) electrons. The van der Waals surface area contributed by atoms with E-state index in [2.05, 4.69) is 4.98 Å².